The second-order valence-electron chi connectivity index (χ2n) is 2.35. The van der Waals surface area contributed by atoms with Crippen LogP contribution in [-0.4, -0.2) is 11.9 Å². The van der Waals surface area contributed by atoms with Crippen molar-refractivity contribution < 1.29 is 4.79 Å². The molecule has 3 N–H and O–H groups in total. The standard InChI is InChI=1S/C7H13N3O/c1-2-3-4-6(9)7(11)10-5-8/h6H,2-4,9H2,1H3,(H,10,11). The summed E-state index contributed by atoms with van der Waals surface area (Å²) in [6.07, 6.45) is 4.11. The van der Waals surface area contributed by atoms with Crippen LogP contribution in [0.2, 0.25) is 0 Å². The molecule has 1 atom stereocenters. The lowest BCUT2D eigenvalue weighted by Gasteiger charge is -2.06. The van der Waals surface area contributed by atoms with Crippen molar-refractivity contribution in [3.8, 4) is 6.19 Å². The Kier molecular flexibility index (Phi) is 5.13. The van der Waals surface area contributed by atoms with Crippen LogP contribution in [0.5, 0.6) is 0 Å². The van der Waals surface area contributed by atoms with E-state index in [0.717, 1.165) is 12.8 Å². The fourth-order valence-electron chi connectivity index (χ4n) is 0.703. The van der Waals surface area contributed by atoms with E-state index in [1.54, 1.807) is 6.19 Å². The van der Waals surface area contributed by atoms with E-state index < -0.39 is 6.04 Å². The van der Waals surface area contributed by atoms with Gasteiger partial charge in [-0.2, -0.15) is 5.26 Å². The Balaban J connectivity index is 3.57. The molecule has 0 aromatic heterocycles. The fourth-order valence-corrected chi connectivity index (χ4v) is 0.703. The zero-order valence-electron chi connectivity index (χ0n) is 6.63. The van der Waals surface area contributed by atoms with E-state index in [2.05, 4.69) is 0 Å². The molecular weight excluding hydrogens is 142 g/mol. The molecular formula is C7H13N3O. The molecule has 0 aromatic carbocycles. The zero-order chi connectivity index (χ0) is 8.69. The minimum atomic E-state index is -0.533. The van der Waals surface area contributed by atoms with Crippen LogP contribution in [0.15, 0.2) is 0 Å². The van der Waals surface area contributed by atoms with Crippen LogP contribution in [0.1, 0.15) is 26.2 Å². The fraction of sp³-hybridized carbons (Fsp3) is 0.714. The predicted octanol–water partition coefficient (Wildman–Crippen LogP) is 0.101. The molecule has 0 rings (SSSR count). The number of amides is 1. The molecule has 4 nitrogen and oxygen atoms in total. The van der Waals surface area contributed by atoms with Crippen molar-refractivity contribution in [3.63, 3.8) is 0 Å². The molecule has 0 aliphatic heterocycles. The summed E-state index contributed by atoms with van der Waals surface area (Å²) in [5, 5.41) is 10.1. The first-order chi connectivity index (χ1) is 5.22. The van der Waals surface area contributed by atoms with Crippen LogP contribution >= 0.6 is 0 Å². The summed E-state index contributed by atoms with van der Waals surface area (Å²) >= 11 is 0. The summed E-state index contributed by atoms with van der Waals surface area (Å²) in [4.78, 5) is 10.8. The van der Waals surface area contributed by atoms with Gasteiger partial charge in [-0.1, -0.05) is 19.8 Å². The van der Waals surface area contributed by atoms with Crippen molar-refractivity contribution in [2.24, 2.45) is 5.73 Å². The van der Waals surface area contributed by atoms with Crippen molar-refractivity contribution in [1.82, 2.24) is 5.32 Å². The normalized spacial score (nSPS) is 11.7. The van der Waals surface area contributed by atoms with Gasteiger partial charge in [0, 0.05) is 0 Å². The van der Waals surface area contributed by atoms with Crippen LogP contribution in [-0.2, 0) is 4.79 Å². The molecule has 0 aliphatic rings. The number of nitrogens with zero attached hydrogens (tertiary/aromatic N) is 1. The highest BCUT2D eigenvalue weighted by Gasteiger charge is 2.10. The summed E-state index contributed by atoms with van der Waals surface area (Å²) in [5.41, 5.74) is 5.43. The van der Waals surface area contributed by atoms with Gasteiger partial charge in [-0.15, -0.1) is 0 Å². The molecule has 0 radical (unpaired) electrons. The largest absolute Gasteiger partial charge is 0.320 e. The Labute approximate surface area is 66.4 Å². The second-order valence-corrected chi connectivity index (χ2v) is 2.35. The molecule has 0 aliphatic carbocycles. The molecule has 0 aromatic rings. The Bertz CT molecular complexity index is 162. The van der Waals surface area contributed by atoms with Crippen molar-refractivity contribution in [2.45, 2.75) is 32.2 Å². The molecule has 0 fully saturated rings. The average Bonchev–Trinajstić information content (AvgIpc) is 2.00. The van der Waals surface area contributed by atoms with E-state index in [4.69, 9.17) is 11.0 Å². The van der Waals surface area contributed by atoms with Gasteiger partial charge in [-0.3, -0.25) is 10.1 Å². The minimum absolute atomic E-state index is 0.388. The highest BCUT2D eigenvalue weighted by atomic mass is 16.2. The molecule has 1 amide bonds. The number of rotatable bonds is 4. The Morgan fingerprint density at radius 1 is 1.82 bits per heavy atom. The van der Waals surface area contributed by atoms with Crippen molar-refractivity contribution in [2.75, 3.05) is 0 Å². The monoisotopic (exact) mass is 155 g/mol. The summed E-state index contributed by atoms with van der Waals surface area (Å²) in [5.74, 6) is -0.388. The van der Waals surface area contributed by atoms with Crippen LogP contribution in [0.3, 0.4) is 0 Å². The lowest BCUT2D eigenvalue weighted by atomic mass is 10.1. The number of hydrogen-bond acceptors (Lipinski definition) is 3. The maximum absolute atomic E-state index is 10.8. The van der Waals surface area contributed by atoms with Gasteiger partial charge in [0.15, 0.2) is 6.19 Å². The average molecular weight is 155 g/mol. The molecule has 11 heavy (non-hydrogen) atoms. The minimum Gasteiger partial charge on any atom is -0.320 e. The number of nitriles is 1. The van der Waals surface area contributed by atoms with Crippen LogP contribution < -0.4 is 11.1 Å². The summed E-state index contributed by atoms with van der Waals surface area (Å²) < 4.78 is 0. The summed E-state index contributed by atoms with van der Waals surface area (Å²) in [6.45, 7) is 2.02. The zero-order valence-corrected chi connectivity index (χ0v) is 6.63. The molecule has 1 unspecified atom stereocenters. The topological polar surface area (TPSA) is 78.9 Å². The van der Waals surface area contributed by atoms with Gasteiger partial charge in [0.25, 0.3) is 0 Å². The maximum atomic E-state index is 10.8. The van der Waals surface area contributed by atoms with E-state index in [-0.39, 0.29) is 5.91 Å². The molecule has 62 valence electrons. The molecule has 4 heteroatoms. The Morgan fingerprint density at radius 2 is 2.45 bits per heavy atom. The Morgan fingerprint density at radius 3 is 2.91 bits per heavy atom. The van der Waals surface area contributed by atoms with Crippen LogP contribution in [0, 0.1) is 11.5 Å². The number of hydrogen-bond donors (Lipinski definition) is 2. The number of carbonyl (C=O) groups is 1. The van der Waals surface area contributed by atoms with Crippen molar-refractivity contribution in [1.29, 1.82) is 5.26 Å². The maximum Gasteiger partial charge on any atom is 0.249 e. The molecule has 0 heterocycles. The van der Waals surface area contributed by atoms with E-state index in [1.807, 2.05) is 12.2 Å². The van der Waals surface area contributed by atoms with Gasteiger partial charge in [-0.05, 0) is 6.42 Å². The van der Waals surface area contributed by atoms with Gasteiger partial charge in [-0.25, -0.2) is 0 Å². The SMILES string of the molecule is CCCCC(N)C(=O)NC#N. The van der Waals surface area contributed by atoms with E-state index in [9.17, 15) is 4.79 Å². The second kappa shape index (κ2) is 5.69. The molecule has 0 saturated carbocycles. The lowest BCUT2D eigenvalue weighted by Crippen LogP contribution is -2.38. The molecule has 0 saturated heterocycles. The van der Waals surface area contributed by atoms with Gasteiger partial charge < -0.3 is 5.73 Å². The number of unbranched alkanes of at least 4 members (excludes halogenated alkanes) is 1. The van der Waals surface area contributed by atoms with Crippen LogP contribution in [0.4, 0.5) is 0 Å². The lowest BCUT2D eigenvalue weighted by molar-refractivity contribution is -0.121. The predicted molar refractivity (Wildman–Crippen MR) is 41.3 cm³/mol. The van der Waals surface area contributed by atoms with Crippen molar-refractivity contribution in [3.05, 3.63) is 0 Å². The van der Waals surface area contributed by atoms with E-state index in [0.29, 0.717) is 6.42 Å². The third kappa shape index (κ3) is 4.34. The Hall–Kier alpha value is -1.08. The van der Waals surface area contributed by atoms with Gasteiger partial charge in [0.2, 0.25) is 5.91 Å². The quantitative estimate of drug-likeness (QED) is 0.446. The van der Waals surface area contributed by atoms with Crippen molar-refractivity contribution >= 4 is 5.91 Å². The van der Waals surface area contributed by atoms with E-state index >= 15 is 0 Å². The number of nitrogens with one attached hydrogen (secondary N) is 1. The van der Waals surface area contributed by atoms with E-state index in [1.165, 1.54) is 0 Å². The molecule has 0 bridgehead atoms. The van der Waals surface area contributed by atoms with Crippen LogP contribution in [0.25, 0.3) is 0 Å². The highest BCUT2D eigenvalue weighted by molar-refractivity contribution is 5.82. The summed E-state index contributed by atoms with van der Waals surface area (Å²) in [6, 6.07) is -0.533. The van der Waals surface area contributed by atoms with Gasteiger partial charge in [0.05, 0.1) is 6.04 Å². The first kappa shape index (κ1) is 9.92. The third-order valence-corrected chi connectivity index (χ3v) is 1.38. The van der Waals surface area contributed by atoms with Gasteiger partial charge in [0.1, 0.15) is 0 Å². The first-order valence-corrected chi connectivity index (χ1v) is 3.67. The summed E-state index contributed by atoms with van der Waals surface area (Å²) in [7, 11) is 0. The first-order valence-electron chi connectivity index (χ1n) is 3.67. The highest BCUT2D eigenvalue weighted by Crippen LogP contribution is 1.97. The smallest absolute Gasteiger partial charge is 0.249 e. The molecule has 0 spiro atoms. The third-order valence-electron chi connectivity index (χ3n) is 1.38. The van der Waals surface area contributed by atoms with Gasteiger partial charge >= 0.3 is 0 Å². The number of carbonyl (C=O) groups excluding carboxylic acids is 1. The number of nitrogens with two attached hydrogens (primary N) is 1.